The molecule has 82 valence electrons. The highest BCUT2D eigenvalue weighted by molar-refractivity contribution is 5.90. The molecule has 15 heavy (non-hydrogen) atoms. The molecule has 0 atom stereocenters. The van der Waals surface area contributed by atoms with Crippen molar-refractivity contribution in [3.05, 3.63) is 29.8 Å². The quantitative estimate of drug-likeness (QED) is 0.797. The second kappa shape index (κ2) is 5.41. The van der Waals surface area contributed by atoms with Gasteiger partial charge in [0.1, 0.15) is 11.6 Å². The first-order valence-corrected chi connectivity index (χ1v) is 4.53. The van der Waals surface area contributed by atoms with E-state index in [0.29, 0.717) is 6.54 Å². The first kappa shape index (κ1) is 11.6. The van der Waals surface area contributed by atoms with E-state index in [0.717, 1.165) is 12.1 Å². The number of nitrogens with one attached hydrogen (secondary N) is 2. The maximum absolute atomic E-state index is 13.1. The SMILES string of the molecule is CNCCC(=O)Nc1ccc(F)cc1F. The van der Waals surface area contributed by atoms with Gasteiger partial charge in [-0.2, -0.15) is 0 Å². The van der Waals surface area contributed by atoms with Crippen molar-refractivity contribution >= 4 is 11.6 Å². The highest BCUT2D eigenvalue weighted by Gasteiger charge is 2.06. The highest BCUT2D eigenvalue weighted by Crippen LogP contribution is 2.14. The van der Waals surface area contributed by atoms with Crippen LogP contribution in [0.2, 0.25) is 0 Å². The zero-order valence-electron chi connectivity index (χ0n) is 8.31. The summed E-state index contributed by atoms with van der Waals surface area (Å²) < 4.78 is 25.6. The van der Waals surface area contributed by atoms with Gasteiger partial charge in [-0.1, -0.05) is 0 Å². The van der Waals surface area contributed by atoms with Gasteiger partial charge < -0.3 is 10.6 Å². The summed E-state index contributed by atoms with van der Waals surface area (Å²) in [6, 6.07) is 3.02. The minimum absolute atomic E-state index is 0.00231. The minimum Gasteiger partial charge on any atom is -0.324 e. The number of carbonyl (C=O) groups excluding carboxylic acids is 1. The number of anilines is 1. The molecule has 1 aromatic carbocycles. The fourth-order valence-corrected chi connectivity index (χ4v) is 1.04. The number of carbonyl (C=O) groups is 1. The number of hydrogen-bond acceptors (Lipinski definition) is 2. The Morgan fingerprint density at radius 3 is 2.73 bits per heavy atom. The van der Waals surface area contributed by atoms with E-state index < -0.39 is 11.6 Å². The van der Waals surface area contributed by atoms with E-state index in [1.54, 1.807) is 7.05 Å². The molecule has 2 N–H and O–H groups in total. The van der Waals surface area contributed by atoms with Crippen LogP contribution < -0.4 is 10.6 Å². The zero-order valence-corrected chi connectivity index (χ0v) is 8.31. The van der Waals surface area contributed by atoms with Crippen LogP contribution in [0.15, 0.2) is 18.2 Å². The molecule has 1 rings (SSSR count). The molecular formula is C10H12F2N2O. The van der Waals surface area contributed by atoms with Crippen molar-refractivity contribution < 1.29 is 13.6 Å². The van der Waals surface area contributed by atoms with Crippen LogP contribution in [0.4, 0.5) is 14.5 Å². The van der Waals surface area contributed by atoms with Crippen LogP contribution in [-0.4, -0.2) is 19.5 Å². The molecular weight excluding hydrogens is 202 g/mol. The van der Waals surface area contributed by atoms with E-state index in [4.69, 9.17) is 0 Å². The number of halogens is 2. The normalized spacial score (nSPS) is 10.1. The predicted octanol–water partition coefficient (Wildman–Crippen LogP) is 1.51. The van der Waals surface area contributed by atoms with Crippen LogP contribution >= 0.6 is 0 Å². The lowest BCUT2D eigenvalue weighted by atomic mass is 10.3. The molecule has 0 heterocycles. The minimum atomic E-state index is -0.771. The number of hydrogen-bond donors (Lipinski definition) is 2. The lowest BCUT2D eigenvalue weighted by Gasteiger charge is -2.05. The third-order valence-electron chi connectivity index (χ3n) is 1.81. The Morgan fingerprint density at radius 1 is 1.40 bits per heavy atom. The lowest BCUT2D eigenvalue weighted by molar-refractivity contribution is -0.116. The smallest absolute Gasteiger partial charge is 0.225 e. The van der Waals surface area contributed by atoms with Crippen molar-refractivity contribution in [2.75, 3.05) is 18.9 Å². The van der Waals surface area contributed by atoms with Crippen LogP contribution in [0.25, 0.3) is 0 Å². The molecule has 0 saturated carbocycles. The van der Waals surface area contributed by atoms with Crippen molar-refractivity contribution in [1.29, 1.82) is 0 Å². The Balaban J connectivity index is 2.60. The molecule has 1 amide bonds. The fraction of sp³-hybridized carbons (Fsp3) is 0.300. The molecule has 0 aliphatic heterocycles. The van der Waals surface area contributed by atoms with Crippen molar-refractivity contribution in [2.45, 2.75) is 6.42 Å². The topological polar surface area (TPSA) is 41.1 Å². The first-order valence-electron chi connectivity index (χ1n) is 4.53. The lowest BCUT2D eigenvalue weighted by Crippen LogP contribution is -2.19. The van der Waals surface area contributed by atoms with Gasteiger partial charge in [0, 0.05) is 19.0 Å². The second-order valence-electron chi connectivity index (χ2n) is 3.03. The maximum atomic E-state index is 13.1. The van der Waals surface area contributed by atoms with E-state index >= 15 is 0 Å². The van der Waals surface area contributed by atoms with Gasteiger partial charge in [-0.15, -0.1) is 0 Å². The first-order chi connectivity index (χ1) is 7.13. The third-order valence-corrected chi connectivity index (χ3v) is 1.81. The standard InChI is InChI=1S/C10H12F2N2O/c1-13-5-4-10(15)14-9-3-2-7(11)6-8(9)12/h2-3,6,13H,4-5H2,1H3,(H,14,15). The molecule has 3 nitrogen and oxygen atoms in total. The molecule has 0 radical (unpaired) electrons. The van der Waals surface area contributed by atoms with E-state index in [1.165, 1.54) is 6.07 Å². The summed E-state index contributed by atoms with van der Waals surface area (Å²) in [5.41, 5.74) is -0.00231. The second-order valence-corrected chi connectivity index (χ2v) is 3.03. The van der Waals surface area contributed by atoms with Crippen LogP contribution in [-0.2, 0) is 4.79 Å². The zero-order chi connectivity index (χ0) is 11.3. The largest absolute Gasteiger partial charge is 0.324 e. The van der Waals surface area contributed by atoms with Gasteiger partial charge in [0.25, 0.3) is 0 Å². The van der Waals surface area contributed by atoms with Crippen molar-refractivity contribution in [3.8, 4) is 0 Å². The van der Waals surface area contributed by atoms with Crippen molar-refractivity contribution in [3.63, 3.8) is 0 Å². The highest BCUT2D eigenvalue weighted by atomic mass is 19.1. The van der Waals surface area contributed by atoms with Gasteiger partial charge in [0.2, 0.25) is 5.91 Å². The molecule has 0 spiro atoms. The van der Waals surface area contributed by atoms with Gasteiger partial charge >= 0.3 is 0 Å². The molecule has 0 fully saturated rings. The average molecular weight is 214 g/mol. The van der Waals surface area contributed by atoms with Crippen molar-refractivity contribution in [1.82, 2.24) is 5.32 Å². The summed E-state index contributed by atoms with van der Waals surface area (Å²) in [5.74, 6) is -1.75. The summed E-state index contributed by atoms with van der Waals surface area (Å²) in [6.45, 7) is 0.509. The summed E-state index contributed by atoms with van der Waals surface area (Å²) in [6.07, 6.45) is 0.243. The Morgan fingerprint density at radius 2 is 2.13 bits per heavy atom. The van der Waals surface area contributed by atoms with Gasteiger partial charge in [0.15, 0.2) is 0 Å². The van der Waals surface area contributed by atoms with E-state index in [9.17, 15) is 13.6 Å². The van der Waals surface area contributed by atoms with Crippen LogP contribution in [0.1, 0.15) is 6.42 Å². The Bertz CT molecular complexity index is 355. The van der Waals surface area contributed by atoms with Crippen LogP contribution in [0.3, 0.4) is 0 Å². The predicted molar refractivity (Wildman–Crippen MR) is 53.5 cm³/mol. The summed E-state index contributed by atoms with van der Waals surface area (Å²) in [7, 11) is 1.71. The monoisotopic (exact) mass is 214 g/mol. The fourth-order valence-electron chi connectivity index (χ4n) is 1.04. The molecule has 0 aliphatic carbocycles. The number of benzene rings is 1. The Labute approximate surface area is 86.5 Å². The summed E-state index contributed by atoms with van der Waals surface area (Å²) in [5, 5.41) is 5.15. The van der Waals surface area contributed by atoms with E-state index in [1.807, 2.05) is 0 Å². The van der Waals surface area contributed by atoms with Gasteiger partial charge in [-0.05, 0) is 19.2 Å². The molecule has 5 heteroatoms. The number of rotatable bonds is 4. The Kier molecular flexibility index (Phi) is 4.17. The summed E-state index contributed by atoms with van der Waals surface area (Å²) >= 11 is 0. The van der Waals surface area contributed by atoms with E-state index in [2.05, 4.69) is 10.6 Å². The molecule has 0 aliphatic rings. The Hall–Kier alpha value is -1.49. The molecule has 0 bridgehead atoms. The molecule has 0 aromatic heterocycles. The summed E-state index contributed by atoms with van der Waals surface area (Å²) in [4.78, 5) is 11.2. The third kappa shape index (κ3) is 3.63. The van der Waals surface area contributed by atoms with Crippen LogP contribution in [0.5, 0.6) is 0 Å². The number of amides is 1. The molecule has 0 unspecified atom stereocenters. The van der Waals surface area contributed by atoms with Gasteiger partial charge in [-0.25, -0.2) is 8.78 Å². The van der Waals surface area contributed by atoms with Crippen LogP contribution in [0, 0.1) is 11.6 Å². The van der Waals surface area contributed by atoms with Gasteiger partial charge in [-0.3, -0.25) is 4.79 Å². The van der Waals surface area contributed by atoms with Crippen molar-refractivity contribution in [2.24, 2.45) is 0 Å². The average Bonchev–Trinajstić information content (AvgIpc) is 2.19. The maximum Gasteiger partial charge on any atom is 0.225 e. The molecule has 1 aromatic rings. The van der Waals surface area contributed by atoms with E-state index in [-0.39, 0.29) is 18.0 Å². The molecule has 0 saturated heterocycles. The van der Waals surface area contributed by atoms with Gasteiger partial charge in [0.05, 0.1) is 5.69 Å².